The molecule has 0 aliphatic rings. The van der Waals surface area contributed by atoms with E-state index in [0.29, 0.717) is 5.75 Å². The summed E-state index contributed by atoms with van der Waals surface area (Å²) in [6.45, 7) is 3.43. The highest BCUT2D eigenvalue weighted by Crippen LogP contribution is 2.26. The first kappa shape index (κ1) is 20.8. The quantitative estimate of drug-likeness (QED) is 0.348. The summed E-state index contributed by atoms with van der Waals surface area (Å²) in [6.07, 6.45) is -1.75. The van der Waals surface area contributed by atoms with Crippen molar-refractivity contribution < 1.29 is 29.0 Å². The number of fused-ring (bicyclic) bond motifs is 1. The number of carbonyl (C=O) groups excluding carboxylic acids is 2. The highest BCUT2D eigenvalue weighted by atomic mass is 16.6. The largest absolute Gasteiger partial charge is 0.481 e. The second kappa shape index (κ2) is 9.52. The molecule has 6 nitrogen and oxygen atoms in total. The van der Waals surface area contributed by atoms with E-state index in [0.717, 1.165) is 16.3 Å². The van der Waals surface area contributed by atoms with Crippen molar-refractivity contribution in [3.63, 3.8) is 0 Å². The molecule has 1 unspecified atom stereocenters. The van der Waals surface area contributed by atoms with Gasteiger partial charge in [-0.2, -0.15) is 0 Å². The standard InChI is InChI=1S/C24H20O6/c1-16(14-22(25)26)23(27)30-21(15-17-8-3-2-4-9-17)24(28)29-20-13-7-11-18-10-5-6-12-19(18)20/h2-13,21H,1,14-15H2,(H,25,26). The Hall–Kier alpha value is -3.93. The normalized spacial score (nSPS) is 11.5. The molecule has 0 saturated carbocycles. The van der Waals surface area contributed by atoms with Crippen molar-refractivity contribution in [1.82, 2.24) is 0 Å². The second-order valence-corrected chi connectivity index (χ2v) is 6.66. The molecule has 30 heavy (non-hydrogen) atoms. The third-order valence-electron chi connectivity index (χ3n) is 4.39. The van der Waals surface area contributed by atoms with Crippen LogP contribution in [0.4, 0.5) is 0 Å². The van der Waals surface area contributed by atoms with Crippen LogP contribution in [0.1, 0.15) is 12.0 Å². The summed E-state index contributed by atoms with van der Waals surface area (Å²) in [5, 5.41) is 10.5. The Kier molecular flexibility index (Phi) is 6.60. The van der Waals surface area contributed by atoms with E-state index in [9.17, 15) is 14.4 Å². The van der Waals surface area contributed by atoms with Gasteiger partial charge >= 0.3 is 17.9 Å². The fourth-order valence-corrected chi connectivity index (χ4v) is 2.93. The molecule has 1 atom stereocenters. The minimum Gasteiger partial charge on any atom is -0.481 e. The van der Waals surface area contributed by atoms with Gasteiger partial charge in [-0.05, 0) is 17.0 Å². The van der Waals surface area contributed by atoms with Crippen LogP contribution in [0.5, 0.6) is 5.75 Å². The van der Waals surface area contributed by atoms with Gasteiger partial charge in [0.05, 0.1) is 6.42 Å². The van der Waals surface area contributed by atoms with Gasteiger partial charge in [0, 0.05) is 17.4 Å². The maximum Gasteiger partial charge on any atom is 0.353 e. The summed E-state index contributed by atoms with van der Waals surface area (Å²) < 4.78 is 10.8. The zero-order chi connectivity index (χ0) is 21.5. The molecule has 1 N–H and O–H groups in total. The number of ether oxygens (including phenoxy) is 2. The average Bonchev–Trinajstić information content (AvgIpc) is 2.73. The molecule has 0 fully saturated rings. The van der Waals surface area contributed by atoms with E-state index in [1.165, 1.54) is 0 Å². The minimum atomic E-state index is -1.26. The molecule has 0 aliphatic heterocycles. The van der Waals surface area contributed by atoms with E-state index in [1.54, 1.807) is 36.4 Å². The van der Waals surface area contributed by atoms with Crippen molar-refractivity contribution in [2.24, 2.45) is 0 Å². The average molecular weight is 404 g/mol. The van der Waals surface area contributed by atoms with E-state index in [4.69, 9.17) is 14.6 Å². The van der Waals surface area contributed by atoms with E-state index in [1.807, 2.05) is 36.4 Å². The van der Waals surface area contributed by atoms with Gasteiger partial charge in [-0.3, -0.25) is 4.79 Å². The van der Waals surface area contributed by atoms with Gasteiger partial charge in [0.15, 0.2) is 0 Å². The maximum atomic E-state index is 12.9. The smallest absolute Gasteiger partial charge is 0.353 e. The fraction of sp³-hybridized carbons (Fsp3) is 0.125. The Morgan fingerprint density at radius 3 is 2.30 bits per heavy atom. The Labute approximate surface area is 173 Å². The van der Waals surface area contributed by atoms with Gasteiger partial charge in [-0.15, -0.1) is 0 Å². The maximum absolute atomic E-state index is 12.9. The highest BCUT2D eigenvalue weighted by Gasteiger charge is 2.27. The van der Waals surface area contributed by atoms with Gasteiger partial charge in [-0.25, -0.2) is 9.59 Å². The first-order valence-corrected chi connectivity index (χ1v) is 9.28. The van der Waals surface area contributed by atoms with Crippen LogP contribution in [-0.4, -0.2) is 29.1 Å². The molecule has 3 aromatic rings. The summed E-state index contributed by atoms with van der Waals surface area (Å²) in [5.41, 5.74) is 0.507. The topological polar surface area (TPSA) is 89.9 Å². The van der Waals surface area contributed by atoms with Crippen LogP contribution in [0.15, 0.2) is 84.9 Å². The van der Waals surface area contributed by atoms with E-state index in [2.05, 4.69) is 6.58 Å². The number of hydrogen-bond acceptors (Lipinski definition) is 5. The number of carboxylic acid groups (broad SMARTS) is 1. The lowest BCUT2D eigenvalue weighted by molar-refractivity contribution is -0.159. The predicted octanol–water partition coefficient (Wildman–Crippen LogP) is 3.93. The summed E-state index contributed by atoms with van der Waals surface area (Å²) >= 11 is 0. The van der Waals surface area contributed by atoms with Crippen LogP contribution in [0.3, 0.4) is 0 Å². The van der Waals surface area contributed by atoms with Crippen LogP contribution in [0.2, 0.25) is 0 Å². The van der Waals surface area contributed by atoms with Crippen LogP contribution in [0, 0.1) is 0 Å². The van der Waals surface area contributed by atoms with Gasteiger partial charge in [0.25, 0.3) is 0 Å². The van der Waals surface area contributed by atoms with Gasteiger partial charge < -0.3 is 14.6 Å². The molecule has 0 aliphatic carbocycles. The molecule has 3 aromatic carbocycles. The third-order valence-corrected chi connectivity index (χ3v) is 4.39. The predicted molar refractivity (Wildman–Crippen MR) is 111 cm³/mol. The van der Waals surface area contributed by atoms with E-state index < -0.39 is 30.4 Å². The number of carbonyl (C=O) groups is 3. The highest BCUT2D eigenvalue weighted by molar-refractivity contribution is 5.95. The monoisotopic (exact) mass is 404 g/mol. The van der Waals surface area contributed by atoms with Crippen molar-refractivity contribution in [1.29, 1.82) is 0 Å². The van der Waals surface area contributed by atoms with Crippen LogP contribution < -0.4 is 4.74 Å². The number of rotatable bonds is 8. The van der Waals surface area contributed by atoms with Crippen LogP contribution in [0.25, 0.3) is 10.8 Å². The Balaban J connectivity index is 1.82. The molecule has 0 amide bonds. The molecule has 0 bridgehead atoms. The molecular formula is C24H20O6. The molecule has 0 heterocycles. The van der Waals surface area contributed by atoms with Crippen LogP contribution in [-0.2, 0) is 25.5 Å². The third kappa shape index (κ3) is 5.32. The molecule has 6 heteroatoms. The first-order valence-electron chi connectivity index (χ1n) is 9.28. The fourth-order valence-electron chi connectivity index (χ4n) is 2.93. The number of hydrogen-bond donors (Lipinski definition) is 1. The molecule has 0 aromatic heterocycles. The molecule has 0 spiro atoms. The zero-order valence-electron chi connectivity index (χ0n) is 16.1. The summed E-state index contributed by atoms with van der Waals surface area (Å²) in [5.74, 6) is -2.58. The van der Waals surface area contributed by atoms with Crippen molar-refractivity contribution in [2.45, 2.75) is 18.9 Å². The lowest BCUT2D eigenvalue weighted by Gasteiger charge is -2.18. The Morgan fingerprint density at radius 2 is 1.57 bits per heavy atom. The number of benzene rings is 3. The molecular weight excluding hydrogens is 384 g/mol. The van der Waals surface area contributed by atoms with E-state index in [-0.39, 0.29) is 12.0 Å². The minimum absolute atomic E-state index is 0.0799. The van der Waals surface area contributed by atoms with Gasteiger partial charge in [0.1, 0.15) is 5.75 Å². The van der Waals surface area contributed by atoms with Crippen molar-refractivity contribution in [3.05, 3.63) is 90.5 Å². The lowest BCUT2D eigenvalue weighted by Crippen LogP contribution is -2.33. The zero-order valence-corrected chi connectivity index (χ0v) is 16.1. The van der Waals surface area contributed by atoms with Crippen molar-refractivity contribution in [3.8, 4) is 5.75 Å². The van der Waals surface area contributed by atoms with E-state index >= 15 is 0 Å². The SMILES string of the molecule is C=C(CC(=O)O)C(=O)OC(Cc1ccccc1)C(=O)Oc1cccc2ccccc12. The lowest BCUT2D eigenvalue weighted by atomic mass is 10.1. The van der Waals surface area contributed by atoms with Gasteiger partial charge in [-0.1, -0.05) is 73.3 Å². The number of carboxylic acids is 1. The Bertz CT molecular complexity index is 1080. The molecule has 3 rings (SSSR count). The second-order valence-electron chi connectivity index (χ2n) is 6.66. The first-order chi connectivity index (χ1) is 14.4. The number of aliphatic carboxylic acids is 1. The van der Waals surface area contributed by atoms with Crippen LogP contribution >= 0.6 is 0 Å². The van der Waals surface area contributed by atoms with Crippen molar-refractivity contribution >= 4 is 28.7 Å². The summed E-state index contributed by atoms with van der Waals surface area (Å²) in [6, 6.07) is 21.7. The molecule has 0 saturated heterocycles. The number of esters is 2. The van der Waals surface area contributed by atoms with Gasteiger partial charge in [0.2, 0.25) is 6.10 Å². The van der Waals surface area contributed by atoms with Crippen molar-refractivity contribution in [2.75, 3.05) is 0 Å². The summed E-state index contributed by atoms with van der Waals surface area (Å²) in [7, 11) is 0. The Morgan fingerprint density at radius 1 is 0.900 bits per heavy atom. The summed E-state index contributed by atoms with van der Waals surface area (Å²) in [4.78, 5) is 36.0. The molecule has 0 radical (unpaired) electrons. The molecule has 152 valence electrons.